The van der Waals surface area contributed by atoms with E-state index in [4.69, 9.17) is 5.11 Å². The van der Waals surface area contributed by atoms with E-state index in [9.17, 15) is 4.79 Å². The second-order valence-corrected chi connectivity index (χ2v) is 2.27. The maximum Gasteiger partial charge on any atom is 0.325 e. The monoisotopic (exact) mass is 163 g/mol. The van der Waals surface area contributed by atoms with E-state index >= 15 is 0 Å². The maximum atomic E-state index is 10.1. The van der Waals surface area contributed by atoms with Crippen LogP contribution in [0, 0.1) is 0 Å². The van der Waals surface area contributed by atoms with Crippen molar-refractivity contribution in [2.24, 2.45) is 4.99 Å². The van der Waals surface area contributed by atoms with Crippen LogP contribution >= 0.6 is 0 Å². The summed E-state index contributed by atoms with van der Waals surface area (Å²) < 4.78 is 0. The summed E-state index contributed by atoms with van der Waals surface area (Å²) in [5, 5.41) is 8.28. The van der Waals surface area contributed by atoms with Gasteiger partial charge in [0.1, 0.15) is 6.54 Å². The molecule has 0 atom stereocenters. The lowest BCUT2D eigenvalue weighted by Gasteiger charge is -1.89. The molecule has 0 aliphatic carbocycles. The molecule has 3 nitrogen and oxygen atoms in total. The number of nitrogens with zero attached hydrogens (tertiary/aromatic N) is 1. The van der Waals surface area contributed by atoms with Crippen molar-refractivity contribution in [3.63, 3.8) is 0 Å². The summed E-state index contributed by atoms with van der Waals surface area (Å²) in [5.74, 6) is -0.915. The highest BCUT2D eigenvalue weighted by Crippen LogP contribution is 1.93. The van der Waals surface area contributed by atoms with E-state index in [1.54, 1.807) is 6.21 Å². The zero-order valence-corrected chi connectivity index (χ0v) is 6.47. The van der Waals surface area contributed by atoms with Crippen LogP contribution in [0.1, 0.15) is 5.56 Å². The molecule has 0 bridgehead atoms. The molecule has 0 saturated carbocycles. The summed E-state index contributed by atoms with van der Waals surface area (Å²) in [6.45, 7) is -0.172. The number of hydrogen-bond acceptors (Lipinski definition) is 2. The predicted octanol–water partition coefficient (Wildman–Crippen LogP) is 1.19. The summed E-state index contributed by atoms with van der Waals surface area (Å²) in [7, 11) is 0. The van der Waals surface area contributed by atoms with Crippen LogP contribution in [0.15, 0.2) is 35.3 Å². The second-order valence-electron chi connectivity index (χ2n) is 2.27. The summed E-state index contributed by atoms with van der Waals surface area (Å²) in [4.78, 5) is 13.8. The van der Waals surface area contributed by atoms with Crippen molar-refractivity contribution in [3.05, 3.63) is 35.9 Å². The SMILES string of the molecule is O=C(O)C/N=C/c1ccccc1. The van der Waals surface area contributed by atoms with Crippen molar-refractivity contribution >= 4 is 12.2 Å². The van der Waals surface area contributed by atoms with Gasteiger partial charge in [-0.2, -0.15) is 0 Å². The summed E-state index contributed by atoms with van der Waals surface area (Å²) in [6.07, 6.45) is 1.55. The Kier molecular flexibility index (Phi) is 3.02. The molecule has 1 N–H and O–H groups in total. The molecule has 3 heteroatoms. The van der Waals surface area contributed by atoms with Crippen LogP contribution in [-0.2, 0) is 4.79 Å². The van der Waals surface area contributed by atoms with Gasteiger partial charge in [-0.1, -0.05) is 30.3 Å². The molecule has 62 valence electrons. The lowest BCUT2D eigenvalue weighted by atomic mass is 10.2. The average molecular weight is 163 g/mol. The number of carboxylic acid groups (broad SMARTS) is 1. The third kappa shape index (κ3) is 2.96. The van der Waals surface area contributed by atoms with Gasteiger partial charge in [0.15, 0.2) is 0 Å². The first kappa shape index (κ1) is 8.46. The minimum absolute atomic E-state index is 0.172. The third-order valence-corrected chi connectivity index (χ3v) is 1.27. The average Bonchev–Trinajstić information content (AvgIpc) is 2.05. The summed E-state index contributed by atoms with van der Waals surface area (Å²) in [5.41, 5.74) is 0.916. The van der Waals surface area contributed by atoms with Crippen molar-refractivity contribution in [2.45, 2.75) is 0 Å². The molecular formula is C9H9NO2. The summed E-state index contributed by atoms with van der Waals surface area (Å²) >= 11 is 0. The fraction of sp³-hybridized carbons (Fsp3) is 0.111. The van der Waals surface area contributed by atoms with Crippen molar-refractivity contribution in [1.29, 1.82) is 0 Å². The highest BCUT2D eigenvalue weighted by Gasteiger charge is 1.89. The molecule has 0 heterocycles. The molecular weight excluding hydrogens is 154 g/mol. The molecule has 1 aromatic carbocycles. The molecule has 0 saturated heterocycles. The lowest BCUT2D eigenvalue weighted by molar-refractivity contribution is -0.135. The van der Waals surface area contributed by atoms with Gasteiger partial charge in [0, 0.05) is 6.21 Å². The minimum atomic E-state index is -0.915. The Bertz CT molecular complexity index is 280. The topological polar surface area (TPSA) is 49.7 Å². The molecule has 0 aliphatic rings. The minimum Gasteiger partial charge on any atom is -0.480 e. The van der Waals surface area contributed by atoms with Gasteiger partial charge < -0.3 is 5.11 Å². The zero-order valence-electron chi connectivity index (χ0n) is 6.47. The van der Waals surface area contributed by atoms with Crippen LogP contribution in [0.25, 0.3) is 0 Å². The Morgan fingerprint density at radius 3 is 2.67 bits per heavy atom. The van der Waals surface area contributed by atoms with Crippen molar-refractivity contribution < 1.29 is 9.90 Å². The van der Waals surface area contributed by atoms with Gasteiger partial charge in [-0.15, -0.1) is 0 Å². The fourth-order valence-electron chi connectivity index (χ4n) is 0.768. The van der Waals surface area contributed by atoms with Crippen molar-refractivity contribution in [1.82, 2.24) is 0 Å². The third-order valence-electron chi connectivity index (χ3n) is 1.27. The van der Waals surface area contributed by atoms with Crippen LogP contribution in [-0.4, -0.2) is 23.8 Å². The Labute approximate surface area is 70.4 Å². The van der Waals surface area contributed by atoms with Crippen LogP contribution < -0.4 is 0 Å². The van der Waals surface area contributed by atoms with Gasteiger partial charge in [-0.3, -0.25) is 9.79 Å². The number of aliphatic imine (C=N–C) groups is 1. The van der Waals surface area contributed by atoms with Gasteiger partial charge in [0.05, 0.1) is 0 Å². The van der Waals surface area contributed by atoms with E-state index in [0.29, 0.717) is 0 Å². The first-order valence-corrected chi connectivity index (χ1v) is 3.56. The number of carboxylic acids is 1. The van der Waals surface area contributed by atoms with E-state index in [2.05, 4.69) is 4.99 Å². The van der Waals surface area contributed by atoms with Crippen LogP contribution in [0.2, 0.25) is 0 Å². The summed E-state index contributed by atoms with van der Waals surface area (Å²) in [6, 6.07) is 9.38. The molecule has 0 fully saturated rings. The van der Waals surface area contributed by atoms with E-state index in [1.165, 1.54) is 0 Å². The molecule has 1 aromatic rings. The Morgan fingerprint density at radius 2 is 2.08 bits per heavy atom. The first-order valence-electron chi connectivity index (χ1n) is 3.56. The maximum absolute atomic E-state index is 10.1. The van der Waals surface area contributed by atoms with E-state index in [-0.39, 0.29) is 6.54 Å². The van der Waals surface area contributed by atoms with Crippen LogP contribution in [0.5, 0.6) is 0 Å². The second kappa shape index (κ2) is 4.28. The van der Waals surface area contributed by atoms with Crippen LogP contribution in [0.4, 0.5) is 0 Å². The highest BCUT2D eigenvalue weighted by atomic mass is 16.4. The Hall–Kier alpha value is -1.64. The highest BCUT2D eigenvalue weighted by molar-refractivity contribution is 5.81. The normalized spacial score (nSPS) is 10.3. The van der Waals surface area contributed by atoms with Gasteiger partial charge in [-0.05, 0) is 5.56 Å². The fourth-order valence-corrected chi connectivity index (χ4v) is 0.768. The number of carbonyl (C=O) groups is 1. The number of benzene rings is 1. The van der Waals surface area contributed by atoms with Gasteiger partial charge in [-0.25, -0.2) is 0 Å². The number of aliphatic carboxylic acids is 1. The molecule has 1 rings (SSSR count). The van der Waals surface area contributed by atoms with E-state index < -0.39 is 5.97 Å². The predicted molar refractivity (Wildman–Crippen MR) is 46.5 cm³/mol. The first-order chi connectivity index (χ1) is 5.79. The van der Waals surface area contributed by atoms with Gasteiger partial charge >= 0.3 is 5.97 Å². The van der Waals surface area contributed by atoms with Crippen LogP contribution in [0.3, 0.4) is 0 Å². The standard InChI is InChI=1S/C9H9NO2/c11-9(12)7-10-6-8-4-2-1-3-5-8/h1-6H,7H2,(H,11,12)/b10-6+. The Morgan fingerprint density at radius 1 is 1.42 bits per heavy atom. The number of rotatable bonds is 3. The van der Waals surface area contributed by atoms with Gasteiger partial charge in [0.2, 0.25) is 0 Å². The molecule has 0 aliphatic heterocycles. The molecule has 0 unspecified atom stereocenters. The zero-order chi connectivity index (χ0) is 8.81. The smallest absolute Gasteiger partial charge is 0.325 e. The molecule has 0 spiro atoms. The molecule has 0 radical (unpaired) electrons. The Balaban J connectivity index is 2.52. The molecule has 12 heavy (non-hydrogen) atoms. The quantitative estimate of drug-likeness (QED) is 0.680. The molecule has 0 aromatic heterocycles. The largest absolute Gasteiger partial charge is 0.480 e. The molecule has 0 amide bonds. The van der Waals surface area contributed by atoms with Gasteiger partial charge in [0.25, 0.3) is 0 Å². The lowest BCUT2D eigenvalue weighted by Crippen LogP contribution is -1.99. The number of hydrogen-bond donors (Lipinski definition) is 1. The van der Waals surface area contributed by atoms with E-state index in [0.717, 1.165) is 5.56 Å². The van der Waals surface area contributed by atoms with Crippen molar-refractivity contribution in [2.75, 3.05) is 6.54 Å². The van der Waals surface area contributed by atoms with E-state index in [1.807, 2.05) is 30.3 Å². The van der Waals surface area contributed by atoms with Crippen molar-refractivity contribution in [3.8, 4) is 0 Å².